The Labute approximate surface area is 109 Å². The molecule has 18 heavy (non-hydrogen) atoms. The number of carbonyl (C=O) groups is 1. The van der Waals surface area contributed by atoms with Gasteiger partial charge in [-0.05, 0) is 7.05 Å². The van der Waals surface area contributed by atoms with Gasteiger partial charge < -0.3 is 14.9 Å². The van der Waals surface area contributed by atoms with Crippen molar-refractivity contribution in [1.29, 1.82) is 0 Å². The van der Waals surface area contributed by atoms with Crippen LogP contribution in [0.5, 0.6) is 0 Å². The van der Waals surface area contributed by atoms with Gasteiger partial charge in [0.2, 0.25) is 0 Å². The van der Waals surface area contributed by atoms with E-state index in [0.29, 0.717) is 13.1 Å². The molecule has 1 aromatic rings. The van der Waals surface area contributed by atoms with Crippen LogP contribution in [0, 0.1) is 5.82 Å². The Morgan fingerprint density at radius 1 is 1.44 bits per heavy atom. The van der Waals surface area contributed by atoms with Crippen LogP contribution in [0.4, 0.5) is 10.2 Å². The van der Waals surface area contributed by atoms with Crippen LogP contribution in [0.25, 0.3) is 0 Å². The fourth-order valence-electron chi connectivity index (χ4n) is 1.89. The molecule has 1 aromatic heterocycles. The van der Waals surface area contributed by atoms with Crippen LogP contribution >= 0.6 is 11.6 Å². The van der Waals surface area contributed by atoms with Crippen molar-refractivity contribution in [3.8, 4) is 0 Å². The van der Waals surface area contributed by atoms with Crippen LogP contribution in [0.3, 0.4) is 0 Å². The molecule has 0 spiro atoms. The first-order valence-electron chi connectivity index (χ1n) is 5.51. The van der Waals surface area contributed by atoms with E-state index < -0.39 is 17.3 Å². The van der Waals surface area contributed by atoms with Crippen LogP contribution < -0.4 is 4.90 Å². The molecule has 0 aromatic carbocycles. The molecule has 98 valence electrons. The summed E-state index contributed by atoms with van der Waals surface area (Å²) in [5.74, 6) is -2.18. The lowest BCUT2D eigenvalue weighted by Crippen LogP contribution is -2.45. The molecule has 1 aliphatic heterocycles. The summed E-state index contributed by atoms with van der Waals surface area (Å²) in [7, 11) is 1.98. The van der Waals surface area contributed by atoms with Crippen molar-refractivity contribution in [3.63, 3.8) is 0 Å². The molecule has 0 saturated carbocycles. The second kappa shape index (κ2) is 5.07. The van der Waals surface area contributed by atoms with Crippen LogP contribution in [0.2, 0.25) is 5.02 Å². The molecule has 0 atom stereocenters. The monoisotopic (exact) mass is 273 g/mol. The normalized spacial score (nSPS) is 16.9. The molecule has 2 heterocycles. The van der Waals surface area contributed by atoms with Crippen LogP contribution in [-0.4, -0.2) is 54.2 Å². The first kappa shape index (κ1) is 13.0. The number of carboxylic acids is 1. The maximum Gasteiger partial charge on any atom is 0.340 e. The molecule has 1 aliphatic rings. The molecule has 0 amide bonds. The van der Waals surface area contributed by atoms with Gasteiger partial charge in [-0.2, -0.15) is 0 Å². The van der Waals surface area contributed by atoms with E-state index in [4.69, 9.17) is 16.7 Å². The van der Waals surface area contributed by atoms with Crippen molar-refractivity contribution in [2.45, 2.75) is 0 Å². The molecular formula is C11H13ClFN3O2. The third kappa shape index (κ3) is 2.39. The van der Waals surface area contributed by atoms with E-state index in [1.807, 2.05) is 7.05 Å². The first-order valence-corrected chi connectivity index (χ1v) is 5.89. The van der Waals surface area contributed by atoms with Crippen molar-refractivity contribution < 1.29 is 14.3 Å². The Morgan fingerprint density at radius 3 is 2.61 bits per heavy atom. The van der Waals surface area contributed by atoms with Gasteiger partial charge in [0, 0.05) is 32.4 Å². The second-order valence-electron chi connectivity index (χ2n) is 4.21. The fraction of sp³-hybridized carbons (Fsp3) is 0.455. The van der Waals surface area contributed by atoms with Gasteiger partial charge in [0.25, 0.3) is 0 Å². The molecule has 1 saturated heterocycles. The number of piperazine rings is 1. The quantitative estimate of drug-likeness (QED) is 0.881. The zero-order valence-corrected chi connectivity index (χ0v) is 10.6. The average Bonchev–Trinajstić information content (AvgIpc) is 2.30. The molecular weight excluding hydrogens is 261 g/mol. The van der Waals surface area contributed by atoms with Gasteiger partial charge >= 0.3 is 5.97 Å². The zero-order chi connectivity index (χ0) is 13.3. The third-order valence-electron chi connectivity index (χ3n) is 2.97. The first-order chi connectivity index (χ1) is 8.50. The number of hydrogen-bond donors (Lipinski definition) is 1. The highest BCUT2D eigenvalue weighted by atomic mass is 35.5. The van der Waals surface area contributed by atoms with Gasteiger partial charge in [0.05, 0.1) is 5.02 Å². The number of halogens is 2. The summed E-state index contributed by atoms with van der Waals surface area (Å²) in [5, 5.41) is 8.75. The Morgan fingerprint density at radius 2 is 2.06 bits per heavy atom. The Kier molecular flexibility index (Phi) is 3.68. The van der Waals surface area contributed by atoms with E-state index in [0.717, 1.165) is 13.1 Å². The van der Waals surface area contributed by atoms with E-state index in [9.17, 15) is 9.18 Å². The molecule has 1 fully saturated rings. The molecule has 0 unspecified atom stereocenters. The Bertz CT molecular complexity index is 476. The van der Waals surface area contributed by atoms with Crippen LogP contribution in [0.15, 0.2) is 6.20 Å². The second-order valence-corrected chi connectivity index (χ2v) is 4.62. The van der Waals surface area contributed by atoms with Crippen LogP contribution in [-0.2, 0) is 0 Å². The van der Waals surface area contributed by atoms with Gasteiger partial charge in [-0.3, -0.25) is 0 Å². The number of nitrogens with zero attached hydrogens (tertiary/aromatic N) is 3. The summed E-state index contributed by atoms with van der Waals surface area (Å²) in [6.07, 6.45) is 1.18. The lowest BCUT2D eigenvalue weighted by Gasteiger charge is -2.33. The minimum Gasteiger partial charge on any atom is -0.478 e. The van der Waals surface area contributed by atoms with Gasteiger partial charge in [0.15, 0.2) is 11.6 Å². The highest BCUT2D eigenvalue weighted by molar-refractivity contribution is 6.33. The lowest BCUT2D eigenvalue weighted by atomic mass is 10.2. The molecule has 2 rings (SSSR count). The Balaban J connectivity index is 2.34. The molecule has 1 N–H and O–H groups in total. The largest absolute Gasteiger partial charge is 0.478 e. The molecule has 5 nitrogen and oxygen atoms in total. The SMILES string of the molecule is CN1CCN(c2ncc(Cl)c(C(=O)O)c2F)CC1. The van der Waals surface area contributed by atoms with Crippen LogP contribution in [0.1, 0.15) is 10.4 Å². The zero-order valence-electron chi connectivity index (χ0n) is 9.86. The topological polar surface area (TPSA) is 56.7 Å². The summed E-state index contributed by atoms with van der Waals surface area (Å²) >= 11 is 5.65. The third-order valence-corrected chi connectivity index (χ3v) is 3.26. The fourth-order valence-corrected chi connectivity index (χ4v) is 2.10. The van der Waals surface area contributed by atoms with Crippen molar-refractivity contribution in [2.75, 3.05) is 38.1 Å². The molecule has 0 bridgehead atoms. The van der Waals surface area contributed by atoms with Gasteiger partial charge in [-0.1, -0.05) is 11.6 Å². The van der Waals surface area contributed by atoms with E-state index in [-0.39, 0.29) is 10.8 Å². The maximum atomic E-state index is 14.1. The highest BCUT2D eigenvalue weighted by Gasteiger charge is 2.24. The number of hydrogen-bond acceptors (Lipinski definition) is 4. The van der Waals surface area contributed by atoms with E-state index in [1.165, 1.54) is 6.20 Å². The predicted molar refractivity (Wildman–Crippen MR) is 65.9 cm³/mol. The molecule has 0 aliphatic carbocycles. The number of pyridine rings is 1. The van der Waals surface area contributed by atoms with Gasteiger partial charge in [0.1, 0.15) is 5.56 Å². The average molecular weight is 274 g/mol. The van der Waals surface area contributed by atoms with E-state index in [1.54, 1.807) is 4.90 Å². The van der Waals surface area contributed by atoms with E-state index in [2.05, 4.69) is 9.88 Å². The number of anilines is 1. The summed E-state index contributed by atoms with van der Waals surface area (Å²) in [4.78, 5) is 18.7. The van der Waals surface area contributed by atoms with Crippen molar-refractivity contribution in [1.82, 2.24) is 9.88 Å². The standard InChI is InChI=1S/C11H13ClFN3O2/c1-15-2-4-16(5-3-15)10-9(13)8(11(17)18)7(12)6-14-10/h6H,2-5H2,1H3,(H,17,18). The van der Waals surface area contributed by atoms with Crippen molar-refractivity contribution in [2.24, 2.45) is 0 Å². The lowest BCUT2D eigenvalue weighted by molar-refractivity contribution is 0.0692. The number of rotatable bonds is 2. The highest BCUT2D eigenvalue weighted by Crippen LogP contribution is 2.26. The number of carboxylic acid groups (broad SMARTS) is 1. The molecule has 0 radical (unpaired) electrons. The summed E-state index contributed by atoms with van der Waals surface area (Å²) < 4.78 is 14.1. The maximum absolute atomic E-state index is 14.1. The Hall–Kier alpha value is -1.40. The minimum atomic E-state index is -1.38. The predicted octanol–water partition coefficient (Wildman–Crippen LogP) is 1.32. The van der Waals surface area contributed by atoms with Crippen molar-refractivity contribution in [3.05, 3.63) is 22.6 Å². The van der Waals surface area contributed by atoms with Crippen molar-refractivity contribution >= 4 is 23.4 Å². The minimum absolute atomic E-state index is 0.0601. The smallest absolute Gasteiger partial charge is 0.340 e. The van der Waals surface area contributed by atoms with Gasteiger partial charge in [-0.15, -0.1) is 0 Å². The summed E-state index contributed by atoms with van der Waals surface area (Å²) in [5.41, 5.74) is -0.513. The number of aromatic carboxylic acids is 1. The molecule has 7 heteroatoms. The summed E-state index contributed by atoms with van der Waals surface area (Å²) in [6.45, 7) is 2.79. The number of likely N-dealkylation sites (N-methyl/N-ethyl adjacent to an activating group) is 1. The van der Waals surface area contributed by atoms with Gasteiger partial charge in [-0.25, -0.2) is 14.2 Å². The van der Waals surface area contributed by atoms with E-state index >= 15 is 0 Å². The number of aromatic nitrogens is 1. The summed E-state index contributed by atoms with van der Waals surface area (Å²) in [6, 6.07) is 0.